The van der Waals surface area contributed by atoms with E-state index in [-0.39, 0.29) is 0 Å². The van der Waals surface area contributed by atoms with Crippen LogP contribution in [0.2, 0.25) is 0 Å². The molecule has 92 valence electrons. The van der Waals surface area contributed by atoms with Crippen molar-refractivity contribution >= 4 is 11.9 Å². The largest absolute Gasteiger partial charge is 0.480 e. The number of pyridine rings is 1. The number of carboxylic acid groups (broad SMARTS) is 1. The number of hydrogen-bond donors (Lipinski definition) is 2. The number of carbonyl (C=O) groups excluding carboxylic acids is 1. The second kappa shape index (κ2) is 4.95. The van der Waals surface area contributed by atoms with Crippen LogP contribution in [0.25, 0.3) is 0 Å². The smallest absolute Gasteiger partial charge is 0.326 e. The van der Waals surface area contributed by atoms with Gasteiger partial charge in [-0.15, -0.1) is 0 Å². The zero-order valence-corrected chi connectivity index (χ0v) is 10.1. The molecule has 0 fully saturated rings. The predicted molar refractivity (Wildman–Crippen MR) is 62.6 cm³/mol. The SMILES string of the molecule is CC(C)(C)C(NC(=O)c1cccnc1)C(=O)O. The minimum atomic E-state index is -1.05. The van der Waals surface area contributed by atoms with Gasteiger partial charge >= 0.3 is 5.97 Å². The molecule has 0 aliphatic carbocycles. The van der Waals surface area contributed by atoms with E-state index in [0.717, 1.165) is 0 Å². The van der Waals surface area contributed by atoms with E-state index in [1.165, 1.54) is 6.20 Å². The summed E-state index contributed by atoms with van der Waals surface area (Å²) in [6.07, 6.45) is 2.95. The van der Waals surface area contributed by atoms with Gasteiger partial charge in [-0.3, -0.25) is 9.78 Å². The first-order valence-corrected chi connectivity index (χ1v) is 5.26. The fraction of sp³-hybridized carbons (Fsp3) is 0.417. The minimum absolute atomic E-state index is 0.350. The first-order valence-electron chi connectivity index (χ1n) is 5.26. The number of rotatable bonds is 3. The molecule has 0 saturated heterocycles. The molecule has 17 heavy (non-hydrogen) atoms. The van der Waals surface area contributed by atoms with Crippen molar-refractivity contribution in [2.24, 2.45) is 5.41 Å². The molecule has 0 aromatic carbocycles. The van der Waals surface area contributed by atoms with E-state index in [9.17, 15) is 9.59 Å². The lowest BCUT2D eigenvalue weighted by Gasteiger charge is -2.27. The highest BCUT2D eigenvalue weighted by molar-refractivity contribution is 5.96. The van der Waals surface area contributed by atoms with Crippen molar-refractivity contribution in [3.05, 3.63) is 30.1 Å². The summed E-state index contributed by atoms with van der Waals surface area (Å²) in [5.41, 5.74) is -0.202. The van der Waals surface area contributed by atoms with Crippen LogP contribution in [0.15, 0.2) is 24.5 Å². The van der Waals surface area contributed by atoms with Crippen LogP contribution < -0.4 is 5.32 Å². The van der Waals surface area contributed by atoms with Crippen LogP contribution in [-0.2, 0) is 4.79 Å². The highest BCUT2D eigenvalue weighted by Gasteiger charge is 2.32. The lowest BCUT2D eigenvalue weighted by Crippen LogP contribution is -2.49. The van der Waals surface area contributed by atoms with Crippen LogP contribution in [0.1, 0.15) is 31.1 Å². The summed E-state index contributed by atoms with van der Waals surface area (Å²) in [6, 6.07) is 2.28. The van der Waals surface area contributed by atoms with Crippen LogP contribution in [0.4, 0.5) is 0 Å². The number of aliphatic carboxylic acids is 1. The van der Waals surface area contributed by atoms with Gasteiger partial charge in [0.05, 0.1) is 5.56 Å². The maximum Gasteiger partial charge on any atom is 0.326 e. The highest BCUT2D eigenvalue weighted by Crippen LogP contribution is 2.19. The summed E-state index contributed by atoms with van der Waals surface area (Å²) in [4.78, 5) is 26.7. The zero-order chi connectivity index (χ0) is 13.1. The molecule has 5 heteroatoms. The zero-order valence-electron chi connectivity index (χ0n) is 10.1. The molecule has 1 aromatic heterocycles. The van der Waals surface area contributed by atoms with Gasteiger partial charge in [0.2, 0.25) is 0 Å². The van der Waals surface area contributed by atoms with Crippen molar-refractivity contribution in [1.82, 2.24) is 10.3 Å². The molecule has 1 atom stereocenters. The third-order valence-corrected chi connectivity index (χ3v) is 2.31. The maximum absolute atomic E-state index is 11.8. The predicted octanol–water partition coefficient (Wildman–Crippen LogP) is 1.31. The Bertz CT molecular complexity index is 410. The van der Waals surface area contributed by atoms with E-state index in [1.807, 2.05) is 0 Å². The van der Waals surface area contributed by atoms with Crippen LogP contribution in [0, 0.1) is 5.41 Å². The standard InChI is InChI=1S/C12H16N2O3/c1-12(2,3)9(11(16)17)14-10(15)8-5-4-6-13-7-8/h4-7,9H,1-3H3,(H,14,15)(H,16,17). The first-order chi connectivity index (χ1) is 7.82. The minimum Gasteiger partial charge on any atom is -0.480 e. The number of hydrogen-bond acceptors (Lipinski definition) is 3. The molecule has 0 aliphatic heterocycles. The molecule has 2 N–H and O–H groups in total. The Labute approximate surface area is 99.9 Å². The van der Waals surface area contributed by atoms with Gasteiger partial charge in [0.15, 0.2) is 0 Å². The number of carboxylic acids is 1. The van der Waals surface area contributed by atoms with Crippen molar-refractivity contribution in [1.29, 1.82) is 0 Å². The molecule has 1 aromatic rings. The summed E-state index contributed by atoms with van der Waals surface area (Å²) >= 11 is 0. The average Bonchev–Trinajstić information content (AvgIpc) is 2.24. The number of nitrogens with one attached hydrogen (secondary N) is 1. The summed E-state index contributed by atoms with van der Waals surface area (Å²) in [5, 5.41) is 11.6. The van der Waals surface area contributed by atoms with Crippen molar-refractivity contribution in [3.63, 3.8) is 0 Å². The highest BCUT2D eigenvalue weighted by atomic mass is 16.4. The molecule has 0 aliphatic rings. The Kier molecular flexibility index (Phi) is 3.83. The summed E-state index contributed by atoms with van der Waals surface area (Å²) < 4.78 is 0. The lowest BCUT2D eigenvalue weighted by molar-refractivity contribution is -0.142. The molecular weight excluding hydrogens is 220 g/mol. The molecule has 1 heterocycles. The summed E-state index contributed by atoms with van der Waals surface area (Å²) in [7, 11) is 0. The Hall–Kier alpha value is -1.91. The van der Waals surface area contributed by atoms with Gasteiger partial charge in [0.25, 0.3) is 5.91 Å². The second-order valence-corrected chi connectivity index (χ2v) is 4.85. The molecular formula is C12H16N2O3. The van der Waals surface area contributed by atoms with Gasteiger partial charge < -0.3 is 10.4 Å². The fourth-order valence-electron chi connectivity index (χ4n) is 1.36. The van der Waals surface area contributed by atoms with Gasteiger partial charge in [-0.05, 0) is 17.5 Å². The summed E-state index contributed by atoms with van der Waals surface area (Å²) in [5.74, 6) is -1.48. The van der Waals surface area contributed by atoms with E-state index in [0.29, 0.717) is 5.56 Å². The number of aromatic nitrogens is 1. The Morgan fingerprint density at radius 3 is 2.47 bits per heavy atom. The molecule has 1 unspecified atom stereocenters. The fourth-order valence-corrected chi connectivity index (χ4v) is 1.36. The average molecular weight is 236 g/mol. The van der Waals surface area contributed by atoms with E-state index in [4.69, 9.17) is 5.11 Å². The normalized spacial score (nSPS) is 12.9. The van der Waals surface area contributed by atoms with E-state index in [1.54, 1.807) is 39.1 Å². The number of carbonyl (C=O) groups is 2. The van der Waals surface area contributed by atoms with Crippen molar-refractivity contribution in [2.45, 2.75) is 26.8 Å². The van der Waals surface area contributed by atoms with E-state index >= 15 is 0 Å². The molecule has 0 radical (unpaired) electrons. The second-order valence-electron chi connectivity index (χ2n) is 4.85. The number of nitrogens with zero attached hydrogens (tertiary/aromatic N) is 1. The molecule has 0 bridgehead atoms. The molecule has 5 nitrogen and oxygen atoms in total. The Balaban J connectivity index is 2.83. The molecule has 1 amide bonds. The van der Waals surface area contributed by atoms with Gasteiger partial charge in [-0.25, -0.2) is 4.79 Å². The van der Waals surface area contributed by atoms with Crippen molar-refractivity contribution in [3.8, 4) is 0 Å². The third kappa shape index (κ3) is 3.55. The number of amides is 1. The Morgan fingerprint density at radius 2 is 2.06 bits per heavy atom. The van der Waals surface area contributed by atoms with Crippen LogP contribution in [-0.4, -0.2) is 28.0 Å². The van der Waals surface area contributed by atoms with Gasteiger partial charge in [0.1, 0.15) is 6.04 Å². The molecule has 1 rings (SSSR count). The van der Waals surface area contributed by atoms with E-state index < -0.39 is 23.3 Å². The van der Waals surface area contributed by atoms with Crippen molar-refractivity contribution < 1.29 is 14.7 Å². The molecule has 0 saturated carbocycles. The van der Waals surface area contributed by atoms with Crippen LogP contribution in [0.3, 0.4) is 0 Å². The van der Waals surface area contributed by atoms with Crippen LogP contribution in [0.5, 0.6) is 0 Å². The topological polar surface area (TPSA) is 79.3 Å². The van der Waals surface area contributed by atoms with E-state index in [2.05, 4.69) is 10.3 Å². The lowest BCUT2D eigenvalue weighted by atomic mass is 9.86. The van der Waals surface area contributed by atoms with Gasteiger partial charge in [-0.1, -0.05) is 20.8 Å². The monoisotopic (exact) mass is 236 g/mol. The molecule has 0 spiro atoms. The van der Waals surface area contributed by atoms with Crippen LogP contribution >= 0.6 is 0 Å². The van der Waals surface area contributed by atoms with Gasteiger partial charge in [0, 0.05) is 12.4 Å². The Morgan fingerprint density at radius 1 is 1.41 bits per heavy atom. The third-order valence-electron chi connectivity index (χ3n) is 2.31. The summed E-state index contributed by atoms with van der Waals surface area (Å²) in [6.45, 7) is 5.28. The quantitative estimate of drug-likeness (QED) is 0.829. The first kappa shape index (κ1) is 13.2. The maximum atomic E-state index is 11.8. The van der Waals surface area contributed by atoms with Gasteiger partial charge in [-0.2, -0.15) is 0 Å². The van der Waals surface area contributed by atoms with Crippen molar-refractivity contribution in [2.75, 3.05) is 0 Å².